The predicted molar refractivity (Wildman–Crippen MR) is 78.2 cm³/mol. The van der Waals surface area contributed by atoms with Crippen LogP contribution in [0, 0.1) is 11.8 Å². The lowest BCUT2D eigenvalue weighted by molar-refractivity contribution is -0.146. The predicted octanol–water partition coefficient (Wildman–Crippen LogP) is 1.97. The number of likely N-dealkylation sites (tertiary alicyclic amines) is 1. The molecule has 5 nitrogen and oxygen atoms in total. The zero-order valence-electron chi connectivity index (χ0n) is 12.7. The molecule has 0 radical (unpaired) electrons. The van der Waals surface area contributed by atoms with Gasteiger partial charge in [0.15, 0.2) is 0 Å². The molecule has 0 aliphatic carbocycles. The van der Waals surface area contributed by atoms with Crippen LogP contribution in [0.1, 0.15) is 24.2 Å². The molecule has 0 spiro atoms. The number of hydrogen-bond donors (Lipinski definition) is 0. The van der Waals surface area contributed by atoms with E-state index in [1.54, 1.807) is 29.2 Å². The van der Waals surface area contributed by atoms with Gasteiger partial charge in [0, 0.05) is 18.7 Å². The first-order chi connectivity index (χ1) is 10.1. The van der Waals surface area contributed by atoms with Crippen LogP contribution in [0.25, 0.3) is 0 Å². The Hall–Kier alpha value is -2.04. The summed E-state index contributed by atoms with van der Waals surface area (Å²) in [5.41, 5.74) is 0.608. The molecular formula is C16H21NO4. The zero-order chi connectivity index (χ0) is 15.4. The second kappa shape index (κ2) is 6.61. The molecule has 2 rings (SSSR count). The van der Waals surface area contributed by atoms with Gasteiger partial charge in [-0.1, -0.05) is 6.92 Å². The van der Waals surface area contributed by atoms with Crippen LogP contribution >= 0.6 is 0 Å². The Bertz CT molecular complexity index is 512. The second-order valence-electron chi connectivity index (χ2n) is 5.27. The summed E-state index contributed by atoms with van der Waals surface area (Å²) in [4.78, 5) is 25.8. The average molecular weight is 291 g/mol. The van der Waals surface area contributed by atoms with Crippen LogP contribution in [0.4, 0.5) is 0 Å². The average Bonchev–Trinajstić information content (AvgIpc) is 2.89. The minimum atomic E-state index is -0.246. The van der Waals surface area contributed by atoms with Crippen molar-refractivity contribution in [2.75, 3.05) is 26.8 Å². The number of ether oxygens (including phenoxy) is 2. The van der Waals surface area contributed by atoms with Crippen molar-refractivity contribution in [3.63, 3.8) is 0 Å². The molecule has 1 aromatic carbocycles. The summed E-state index contributed by atoms with van der Waals surface area (Å²) in [7, 11) is 1.38. The fraction of sp³-hybridized carbons (Fsp3) is 0.500. The third kappa shape index (κ3) is 3.35. The maximum Gasteiger partial charge on any atom is 0.310 e. The Morgan fingerprint density at radius 1 is 1.24 bits per heavy atom. The van der Waals surface area contributed by atoms with E-state index in [9.17, 15) is 9.59 Å². The zero-order valence-corrected chi connectivity index (χ0v) is 12.7. The van der Waals surface area contributed by atoms with Gasteiger partial charge in [-0.2, -0.15) is 0 Å². The van der Waals surface area contributed by atoms with Gasteiger partial charge in [-0.15, -0.1) is 0 Å². The normalized spacial score (nSPS) is 21.2. The number of hydrogen-bond acceptors (Lipinski definition) is 4. The summed E-state index contributed by atoms with van der Waals surface area (Å²) in [6.07, 6.45) is 0. The molecular weight excluding hydrogens is 270 g/mol. The maximum absolute atomic E-state index is 12.5. The Labute approximate surface area is 124 Å². The van der Waals surface area contributed by atoms with Gasteiger partial charge in [-0.05, 0) is 37.1 Å². The minimum absolute atomic E-state index is 0.0590. The first kappa shape index (κ1) is 15.4. The second-order valence-corrected chi connectivity index (χ2v) is 5.27. The van der Waals surface area contributed by atoms with Gasteiger partial charge >= 0.3 is 5.97 Å². The third-order valence-corrected chi connectivity index (χ3v) is 3.82. The van der Waals surface area contributed by atoms with Gasteiger partial charge in [-0.3, -0.25) is 9.59 Å². The van der Waals surface area contributed by atoms with E-state index in [0.717, 1.165) is 5.75 Å². The van der Waals surface area contributed by atoms with E-state index in [1.165, 1.54) is 7.11 Å². The molecule has 0 saturated carbocycles. The lowest BCUT2D eigenvalue weighted by Gasteiger charge is -2.16. The van der Waals surface area contributed by atoms with Crippen molar-refractivity contribution >= 4 is 11.9 Å². The molecule has 0 N–H and O–H groups in total. The fourth-order valence-electron chi connectivity index (χ4n) is 2.63. The van der Waals surface area contributed by atoms with E-state index in [1.807, 2.05) is 13.8 Å². The van der Waals surface area contributed by atoms with Crippen molar-refractivity contribution < 1.29 is 19.1 Å². The molecule has 0 bridgehead atoms. The molecule has 1 aromatic rings. The number of methoxy groups -OCH3 is 1. The molecule has 1 fully saturated rings. The van der Waals surface area contributed by atoms with Crippen molar-refractivity contribution in [1.82, 2.24) is 4.90 Å². The van der Waals surface area contributed by atoms with Crippen LogP contribution in [-0.2, 0) is 9.53 Å². The monoisotopic (exact) mass is 291 g/mol. The van der Waals surface area contributed by atoms with Gasteiger partial charge in [0.05, 0.1) is 19.6 Å². The minimum Gasteiger partial charge on any atom is -0.494 e. The first-order valence-electron chi connectivity index (χ1n) is 7.16. The van der Waals surface area contributed by atoms with Gasteiger partial charge in [-0.25, -0.2) is 0 Å². The van der Waals surface area contributed by atoms with Crippen LogP contribution in [0.2, 0.25) is 0 Å². The highest BCUT2D eigenvalue weighted by Gasteiger charge is 2.37. The van der Waals surface area contributed by atoms with Gasteiger partial charge in [0.25, 0.3) is 5.91 Å². The molecule has 1 aliphatic heterocycles. The SMILES string of the molecule is CCOc1ccc(C(=O)N2CC(C)C(C(=O)OC)C2)cc1. The van der Waals surface area contributed by atoms with Gasteiger partial charge < -0.3 is 14.4 Å². The van der Waals surface area contributed by atoms with Crippen molar-refractivity contribution in [1.29, 1.82) is 0 Å². The van der Waals surface area contributed by atoms with E-state index < -0.39 is 0 Å². The van der Waals surface area contributed by atoms with Crippen molar-refractivity contribution in [2.45, 2.75) is 13.8 Å². The quantitative estimate of drug-likeness (QED) is 0.796. The first-order valence-corrected chi connectivity index (χ1v) is 7.16. The van der Waals surface area contributed by atoms with E-state index in [2.05, 4.69) is 0 Å². The molecule has 1 heterocycles. The Morgan fingerprint density at radius 3 is 2.48 bits per heavy atom. The highest BCUT2D eigenvalue weighted by molar-refractivity contribution is 5.95. The highest BCUT2D eigenvalue weighted by atomic mass is 16.5. The maximum atomic E-state index is 12.5. The Balaban J connectivity index is 2.05. The molecule has 1 aliphatic rings. The van der Waals surface area contributed by atoms with Crippen LogP contribution in [0.3, 0.4) is 0 Å². The fourth-order valence-corrected chi connectivity index (χ4v) is 2.63. The highest BCUT2D eigenvalue weighted by Crippen LogP contribution is 2.26. The van der Waals surface area contributed by atoms with Crippen LogP contribution < -0.4 is 4.74 Å². The lowest BCUT2D eigenvalue weighted by atomic mass is 9.99. The van der Waals surface area contributed by atoms with Crippen molar-refractivity contribution in [3.8, 4) is 5.75 Å². The molecule has 114 valence electrons. The van der Waals surface area contributed by atoms with Crippen molar-refractivity contribution in [2.24, 2.45) is 11.8 Å². The lowest BCUT2D eigenvalue weighted by Crippen LogP contribution is -2.30. The smallest absolute Gasteiger partial charge is 0.310 e. The van der Waals surface area contributed by atoms with E-state index in [4.69, 9.17) is 9.47 Å². The number of carbonyl (C=O) groups excluding carboxylic acids is 2. The van der Waals surface area contributed by atoms with E-state index in [0.29, 0.717) is 25.3 Å². The van der Waals surface area contributed by atoms with E-state index in [-0.39, 0.29) is 23.7 Å². The van der Waals surface area contributed by atoms with Crippen LogP contribution in [0.15, 0.2) is 24.3 Å². The molecule has 5 heteroatoms. The molecule has 2 unspecified atom stereocenters. The van der Waals surface area contributed by atoms with Gasteiger partial charge in [0.1, 0.15) is 5.75 Å². The summed E-state index contributed by atoms with van der Waals surface area (Å²) in [6.45, 7) is 5.47. The standard InChI is InChI=1S/C16H21NO4/c1-4-21-13-7-5-12(6-8-13)15(18)17-9-11(2)14(10-17)16(19)20-3/h5-8,11,14H,4,9-10H2,1-3H3. The number of amides is 1. The summed E-state index contributed by atoms with van der Waals surface area (Å²) in [5.74, 6) is 0.322. The number of esters is 1. The summed E-state index contributed by atoms with van der Waals surface area (Å²) >= 11 is 0. The molecule has 2 atom stereocenters. The number of carbonyl (C=O) groups is 2. The summed E-state index contributed by atoms with van der Waals surface area (Å²) in [6, 6.07) is 7.08. The molecule has 1 amide bonds. The molecule has 0 aromatic heterocycles. The van der Waals surface area contributed by atoms with Gasteiger partial charge in [0.2, 0.25) is 0 Å². The Kier molecular flexibility index (Phi) is 4.83. The number of benzene rings is 1. The number of nitrogens with zero attached hydrogens (tertiary/aromatic N) is 1. The molecule has 1 saturated heterocycles. The van der Waals surface area contributed by atoms with Crippen LogP contribution in [-0.4, -0.2) is 43.6 Å². The third-order valence-electron chi connectivity index (χ3n) is 3.82. The molecule has 21 heavy (non-hydrogen) atoms. The summed E-state index contributed by atoms with van der Waals surface area (Å²) < 4.78 is 10.1. The summed E-state index contributed by atoms with van der Waals surface area (Å²) in [5, 5.41) is 0. The topological polar surface area (TPSA) is 55.8 Å². The van der Waals surface area contributed by atoms with E-state index >= 15 is 0 Å². The van der Waals surface area contributed by atoms with Crippen molar-refractivity contribution in [3.05, 3.63) is 29.8 Å². The van der Waals surface area contributed by atoms with Crippen LogP contribution in [0.5, 0.6) is 5.75 Å². The largest absolute Gasteiger partial charge is 0.494 e. The number of rotatable bonds is 4. The Morgan fingerprint density at radius 2 is 1.90 bits per heavy atom.